The maximum atomic E-state index is 3.68. The first-order valence-corrected chi connectivity index (χ1v) is 4.61. The Morgan fingerprint density at radius 1 is 1.36 bits per heavy atom. The predicted molar refractivity (Wildman–Crippen MR) is 53.7 cm³/mol. The summed E-state index contributed by atoms with van der Waals surface area (Å²) in [5.41, 5.74) is 2.28. The van der Waals surface area contributed by atoms with Gasteiger partial charge in [0.2, 0.25) is 0 Å². The van der Waals surface area contributed by atoms with Gasteiger partial charge in [0.15, 0.2) is 0 Å². The van der Waals surface area contributed by atoms with Crippen molar-refractivity contribution in [2.45, 2.75) is 0 Å². The molecule has 0 aliphatic heterocycles. The van der Waals surface area contributed by atoms with E-state index in [9.17, 15) is 0 Å². The monoisotopic (exact) mass is 165 g/mol. The number of hydrogen-bond acceptors (Lipinski definition) is 2. The van der Waals surface area contributed by atoms with Crippen molar-refractivity contribution in [2.75, 3.05) is 11.0 Å². The lowest BCUT2D eigenvalue weighted by Crippen LogP contribution is -1.83. The molecule has 0 saturated carbocycles. The van der Waals surface area contributed by atoms with Crippen LogP contribution in [-0.4, -0.2) is 6.26 Å². The molecular weight excluding hydrogens is 154 g/mol. The molecule has 0 bridgehead atoms. The molecule has 1 aromatic carbocycles. The largest absolute Gasteiger partial charge is 0.330 e. The Hall–Kier alpha value is -0.890. The van der Waals surface area contributed by atoms with E-state index in [-0.39, 0.29) is 0 Å². The van der Waals surface area contributed by atoms with E-state index < -0.39 is 0 Å². The molecule has 11 heavy (non-hydrogen) atoms. The average molecular weight is 165 g/mol. The average Bonchev–Trinajstić information content (AvgIpc) is 2.07. The Balaban J connectivity index is 2.74. The van der Waals surface area contributed by atoms with Crippen molar-refractivity contribution in [3.63, 3.8) is 0 Å². The number of benzene rings is 1. The van der Waals surface area contributed by atoms with Gasteiger partial charge in [0, 0.05) is 11.9 Å². The zero-order valence-corrected chi connectivity index (χ0v) is 7.32. The van der Waals surface area contributed by atoms with Gasteiger partial charge in [-0.25, -0.2) is 0 Å². The summed E-state index contributed by atoms with van der Waals surface area (Å²) >= 11 is 1.59. The van der Waals surface area contributed by atoms with Gasteiger partial charge in [-0.2, -0.15) is 0 Å². The van der Waals surface area contributed by atoms with E-state index in [2.05, 4.69) is 11.3 Å². The van der Waals surface area contributed by atoms with Crippen LogP contribution in [0.2, 0.25) is 0 Å². The normalized spacial score (nSPS) is 9.18. The van der Waals surface area contributed by atoms with Crippen molar-refractivity contribution < 1.29 is 0 Å². The first-order chi connectivity index (χ1) is 5.36. The molecule has 0 spiro atoms. The van der Waals surface area contributed by atoms with Crippen molar-refractivity contribution in [2.24, 2.45) is 0 Å². The van der Waals surface area contributed by atoms with E-state index in [1.165, 1.54) is 0 Å². The van der Waals surface area contributed by atoms with Crippen molar-refractivity contribution in [1.29, 1.82) is 0 Å². The van der Waals surface area contributed by atoms with Crippen LogP contribution < -0.4 is 4.72 Å². The highest BCUT2D eigenvalue weighted by molar-refractivity contribution is 7.99. The predicted octanol–water partition coefficient (Wildman–Crippen LogP) is 3.02. The van der Waals surface area contributed by atoms with Crippen LogP contribution >= 0.6 is 11.9 Å². The quantitative estimate of drug-likeness (QED) is 0.691. The van der Waals surface area contributed by atoms with Crippen LogP contribution in [0, 0.1) is 0 Å². The van der Waals surface area contributed by atoms with Gasteiger partial charge in [0.1, 0.15) is 0 Å². The summed E-state index contributed by atoms with van der Waals surface area (Å²) in [6.45, 7) is 3.68. The molecule has 0 atom stereocenters. The highest BCUT2D eigenvalue weighted by atomic mass is 32.2. The van der Waals surface area contributed by atoms with E-state index in [4.69, 9.17) is 0 Å². The maximum Gasteiger partial charge on any atom is 0.0440 e. The highest BCUT2D eigenvalue weighted by Gasteiger charge is 1.88. The first kappa shape index (κ1) is 8.21. The van der Waals surface area contributed by atoms with Gasteiger partial charge in [-0.05, 0) is 17.7 Å². The third kappa shape index (κ3) is 2.31. The first-order valence-electron chi connectivity index (χ1n) is 3.38. The lowest BCUT2D eigenvalue weighted by molar-refractivity contribution is 1.65. The fourth-order valence-electron chi connectivity index (χ4n) is 0.805. The van der Waals surface area contributed by atoms with Gasteiger partial charge >= 0.3 is 0 Å². The minimum absolute atomic E-state index is 1.13. The SMILES string of the molecule is C=Cc1ccc(NSC)cc1. The Kier molecular flexibility index (Phi) is 3.05. The van der Waals surface area contributed by atoms with Gasteiger partial charge in [-0.1, -0.05) is 36.7 Å². The molecule has 1 rings (SSSR count). The second-order valence-corrected chi connectivity index (χ2v) is 2.74. The Bertz CT molecular complexity index is 228. The number of nitrogens with one attached hydrogen (secondary N) is 1. The third-order valence-electron chi connectivity index (χ3n) is 1.37. The van der Waals surface area contributed by atoms with Crippen LogP contribution in [0.1, 0.15) is 5.56 Å². The molecule has 1 N–H and O–H groups in total. The molecule has 0 aliphatic carbocycles. The minimum Gasteiger partial charge on any atom is -0.330 e. The zero-order valence-electron chi connectivity index (χ0n) is 6.50. The summed E-state index contributed by atoms with van der Waals surface area (Å²) in [5.74, 6) is 0. The van der Waals surface area contributed by atoms with Crippen LogP contribution in [0.3, 0.4) is 0 Å². The summed E-state index contributed by atoms with van der Waals surface area (Å²) < 4.78 is 3.14. The number of anilines is 1. The summed E-state index contributed by atoms with van der Waals surface area (Å²) in [7, 11) is 0. The molecule has 0 radical (unpaired) electrons. The molecule has 1 aromatic rings. The fraction of sp³-hybridized carbons (Fsp3) is 0.111. The smallest absolute Gasteiger partial charge is 0.0440 e. The highest BCUT2D eigenvalue weighted by Crippen LogP contribution is 2.12. The summed E-state index contributed by atoms with van der Waals surface area (Å²) in [5, 5.41) is 0. The molecule has 0 amide bonds. The van der Waals surface area contributed by atoms with E-state index in [0.717, 1.165) is 11.3 Å². The lowest BCUT2D eigenvalue weighted by Gasteiger charge is -2.00. The van der Waals surface area contributed by atoms with Crippen molar-refractivity contribution in [1.82, 2.24) is 0 Å². The molecule has 0 aromatic heterocycles. The molecule has 0 heterocycles. The van der Waals surface area contributed by atoms with Crippen LogP contribution in [-0.2, 0) is 0 Å². The lowest BCUT2D eigenvalue weighted by atomic mass is 10.2. The van der Waals surface area contributed by atoms with Gasteiger partial charge in [-0.15, -0.1) is 0 Å². The molecule has 0 saturated heterocycles. The number of rotatable bonds is 3. The standard InChI is InChI=1S/C9H11NS/c1-3-8-4-6-9(7-5-8)10-11-2/h3-7,10H,1H2,2H3. The second kappa shape index (κ2) is 4.09. The van der Waals surface area contributed by atoms with Crippen molar-refractivity contribution in [3.05, 3.63) is 36.4 Å². The topological polar surface area (TPSA) is 12.0 Å². The van der Waals surface area contributed by atoms with Crippen molar-refractivity contribution >= 4 is 23.7 Å². The van der Waals surface area contributed by atoms with E-state index in [1.807, 2.05) is 36.6 Å². The second-order valence-electron chi connectivity index (χ2n) is 2.13. The molecule has 58 valence electrons. The van der Waals surface area contributed by atoms with E-state index in [0.29, 0.717) is 0 Å². The van der Waals surface area contributed by atoms with E-state index in [1.54, 1.807) is 11.9 Å². The van der Waals surface area contributed by atoms with Crippen LogP contribution in [0.15, 0.2) is 30.8 Å². The Morgan fingerprint density at radius 3 is 2.45 bits per heavy atom. The minimum atomic E-state index is 1.13. The van der Waals surface area contributed by atoms with Gasteiger partial charge in [0.25, 0.3) is 0 Å². The Morgan fingerprint density at radius 2 is 2.00 bits per heavy atom. The van der Waals surface area contributed by atoms with Gasteiger partial charge in [0.05, 0.1) is 0 Å². The van der Waals surface area contributed by atoms with Gasteiger partial charge in [-0.3, -0.25) is 0 Å². The summed E-state index contributed by atoms with van der Waals surface area (Å²) in [6, 6.07) is 8.14. The molecule has 2 heteroatoms. The van der Waals surface area contributed by atoms with Crippen LogP contribution in [0.5, 0.6) is 0 Å². The van der Waals surface area contributed by atoms with Crippen LogP contribution in [0.4, 0.5) is 5.69 Å². The molecule has 1 nitrogen and oxygen atoms in total. The fourth-order valence-corrected chi connectivity index (χ4v) is 1.18. The summed E-state index contributed by atoms with van der Waals surface area (Å²) in [4.78, 5) is 0. The van der Waals surface area contributed by atoms with E-state index >= 15 is 0 Å². The molecule has 0 unspecified atom stereocenters. The van der Waals surface area contributed by atoms with Gasteiger partial charge < -0.3 is 4.72 Å². The summed E-state index contributed by atoms with van der Waals surface area (Å²) in [6.07, 6.45) is 3.84. The van der Waals surface area contributed by atoms with Crippen molar-refractivity contribution in [3.8, 4) is 0 Å². The maximum absolute atomic E-state index is 3.68. The Labute approximate surface area is 71.6 Å². The van der Waals surface area contributed by atoms with Crippen LogP contribution in [0.25, 0.3) is 6.08 Å². The molecular formula is C9H11NS. The molecule has 0 aliphatic rings. The third-order valence-corrected chi connectivity index (χ3v) is 1.81. The molecule has 0 fully saturated rings. The number of hydrogen-bond donors (Lipinski definition) is 1. The zero-order chi connectivity index (χ0) is 8.10.